The third-order valence-electron chi connectivity index (χ3n) is 2.83. The lowest BCUT2D eigenvalue weighted by atomic mass is 10.2. The van der Waals surface area contributed by atoms with Crippen LogP contribution in [0.4, 0.5) is 0 Å². The van der Waals surface area contributed by atoms with E-state index in [1.807, 2.05) is 43.3 Å². The quantitative estimate of drug-likeness (QED) is 0.561. The lowest BCUT2D eigenvalue weighted by molar-refractivity contribution is -0.125. The molecule has 0 heterocycles. The summed E-state index contributed by atoms with van der Waals surface area (Å²) in [5, 5.41) is 5.13. The summed E-state index contributed by atoms with van der Waals surface area (Å²) < 4.78 is 5.63. The van der Waals surface area contributed by atoms with Crippen molar-refractivity contribution in [3.63, 3.8) is 0 Å². The number of hydrogen-bond acceptors (Lipinski definition) is 5. The van der Waals surface area contributed by atoms with Gasteiger partial charge in [0, 0.05) is 13.1 Å². The molecule has 0 saturated carbocycles. The van der Waals surface area contributed by atoms with Crippen molar-refractivity contribution < 1.29 is 14.3 Å². The average molecular weight is 308 g/mol. The number of rotatable bonds is 9. The largest absolute Gasteiger partial charge is 0.492 e. The third kappa shape index (κ3) is 7.61. The molecule has 0 aromatic heterocycles. The molecule has 122 valence electrons. The van der Waals surface area contributed by atoms with Crippen LogP contribution in [0.25, 0.3) is 0 Å². The van der Waals surface area contributed by atoms with Gasteiger partial charge in [0.05, 0.1) is 13.1 Å². The number of nitrogens with zero attached hydrogens (tertiary/aromatic N) is 1. The van der Waals surface area contributed by atoms with Crippen LogP contribution in [0.15, 0.2) is 24.3 Å². The van der Waals surface area contributed by atoms with Crippen LogP contribution in [0.3, 0.4) is 0 Å². The van der Waals surface area contributed by atoms with Gasteiger partial charge < -0.3 is 26.0 Å². The Morgan fingerprint density at radius 3 is 2.68 bits per heavy atom. The van der Waals surface area contributed by atoms with E-state index >= 15 is 0 Å². The summed E-state index contributed by atoms with van der Waals surface area (Å²) in [6.07, 6.45) is 0. The zero-order valence-corrected chi connectivity index (χ0v) is 13.1. The third-order valence-corrected chi connectivity index (χ3v) is 2.83. The van der Waals surface area contributed by atoms with Gasteiger partial charge in [0.25, 0.3) is 0 Å². The Morgan fingerprint density at radius 2 is 2.00 bits per heavy atom. The smallest absolute Gasteiger partial charge is 0.239 e. The summed E-state index contributed by atoms with van der Waals surface area (Å²) in [5.41, 5.74) is 6.07. The Bertz CT molecular complexity index is 491. The first-order valence-corrected chi connectivity index (χ1v) is 7.11. The Morgan fingerprint density at radius 1 is 1.23 bits per heavy atom. The van der Waals surface area contributed by atoms with Crippen molar-refractivity contribution in [2.45, 2.75) is 6.54 Å². The molecule has 0 saturated heterocycles. The topological polar surface area (TPSA) is 96.7 Å². The van der Waals surface area contributed by atoms with Crippen LogP contribution in [0.1, 0.15) is 5.56 Å². The molecule has 4 N–H and O–H groups in total. The molecule has 1 aromatic rings. The van der Waals surface area contributed by atoms with Crippen LogP contribution in [-0.2, 0) is 16.1 Å². The summed E-state index contributed by atoms with van der Waals surface area (Å²) in [6.45, 7) is 1.62. The number of amides is 2. The Balaban J connectivity index is 2.36. The van der Waals surface area contributed by atoms with Crippen LogP contribution in [0.2, 0.25) is 0 Å². The predicted octanol–water partition coefficient (Wildman–Crippen LogP) is -0.682. The van der Waals surface area contributed by atoms with Crippen molar-refractivity contribution in [1.82, 2.24) is 15.5 Å². The van der Waals surface area contributed by atoms with Crippen molar-refractivity contribution >= 4 is 11.8 Å². The zero-order valence-electron chi connectivity index (χ0n) is 13.1. The molecule has 0 aliphatic carbocycles. The van der Waals surface area contributed by atoms with Crippen molar-refractivity contribution in [2.75, 3.05) is 40.3 Å². The normalized spacial score (nSPS) is 10.4. The molecule has 1 rings (SSSR count). The van der Waals surface area contributed by atoms with Gasteiger partial charge in [0.1, 0.15) is 12.4 Å². The van der Waals surface area contributed by atoms with E-state index in [2.05, 4.69) is 10.6 Å². The number of ether oxygens (including phenoxy) is 1. The summed E-state index contributed by atoms with van der Waals surface area (Å²) in [5.74, 6) is 0.150. The van der Waals surface area contributed by atoms with Crippen molar-refractivity contribution in [3.05, 3.63) is 29.8 Å². The number of hydrogen-bond donors (Lipinski definition) is 3. The van der Waals surface area contributed by atoms with Gasteiger partial charge in [0.15, 0.2) is 0 Å². The second-order valence-corrected chi connectivity index (χ2v) is 5.06. The molecular formula is C15H24N4O3. The van der Waals surface area contributed by atoms with E-state index in [9.17, 15) is 9.59 Å². The minimum atomic E-state index is -0.355. The molecule has 0 aliphatic rings. The highest BCUT2D eigenvalue weighted by molar-refractivity contribution is 5.85. The molecular weight excluding hydrogens is 284 g/mol. The van der Waals surface area contributed by atoms with Crippen molar-refractivity contribution in [1.29, 1.82) is 0 Å². The number of carbonyl (C=O) groups is 2. The molecule has 2 amide bonds. The van der Waals surface area contributed by atoms with Crippen LogP contribution < -0.4 is 21.1 Å². The van der Waals surface area contributed by atoms with E-state index in [0.29, 0.717) is 13.2 Å². The fourth-order valence-electron chi connectivity index (χ4n) is 1.61. The first-order chi connectivity index (χ1) is 10.5. The highest BCUT2D eigenvalue weighted by Crippen LogP contribution is 2.13. The summed E-state index contributed by atoms with van der Waals surface area (Å²) >= 11 is 0. The lowest BCUT2D eigenvalue weighted by Gasteiger charge is -2.12. The van der Waals surface area contributed by atoms with Gasteiger partial charge in [-0.2, -0.15) is 0 Å². The number of nitrogens with one attached hydrogen (secondary N) is 2. The zero-order chi connectivity index (χ0) is 16.4. The summed E-state index contributed by atoms with van der Waals surface area (Å²) in [6, 6.07) is 7.54. The maximum atomic E-state index is 11.6. The van der Waals surface area contributed by atoms with Gasteiger partial charge in [-0.05, 0) is 31.8 Å². The first kappa shape index (κ1) is 17.9. The van der Waals surface area contributed by atoms with Crippen LogP contribution in [-0.4, -0.2) is 57.1 Å². The van der Waals surface area contributed by atoms with Crippen molar-refractivity contribution in [2.24, 2.45) is 5.73 Å². The fourth-order valence-corrected chi connectivity index (χ4v) is 1.61. The number of carbonyl (C=O) groups excluding carboxylic acids is 2. The molecule has 0 spiro atoms. The number of nitrogens with two attached hydrogens (primary N) is 1. The molecule has 22 heavy (non-hydrogen) atoms. The van der Waals surface area contributed by atoms with Crippen LogP contribution >= 0.6 is 0 Å². The minimum absolute atomic E-state index is 0.0743. The molecule has 7 nitrogen and oxygen atoms in total. The highest BCUT2D eigenvalue weighted by atomic mass is 16.5. The second-order valence-electron chi connectivity index (χ2n) is 5.06. The molecule has 0 atom stereocenters. The van der Waals surface area contributed by atoms with Gasteiger partial charge in [-0.15, -0.1) is 0 Å². The number of likely N-dealkylation sites (N-methyl/N-ethyl adjacent to an activating group) is 1. The van der Waals surface area contributed by atoms with E-state index in [1.54, 1.807) is 0 Å². The van der Waals surface area contributed by atoms with Gasteiger partial charge in [-0.25, -0.2) is 0 Å². The molecule has 1 aromatic carbocycles. The molecule has 0 aliphatic heterocycles. The standard InChI is InChI=1S/C15H24N4O3/c1-19(2)6-7-22-13-5-3-4-12(8-13)10-17-15(21)11-18-14(20)9-16/h3-5,8H,6-7,9-11,16H2,1-2H3,(H,17,21)(H,18,20). The maximum Gasteiger partial charge on any atom is 0.239 e. The predicted molar refractivity (Wildman–Crippen MR) is 84.4 cm³/mol. The SMILES string of the molecule is CN(C)CCOc1cccc(CNC(=O)CNC(=O)CN)c1. The Kier molecular flexibility index (Phi) is 7.95. The Labute approximate surface area is 130 Å². The minimum Gasteiger partial charge on any atom is -0.492 e. The van der Waals surface area contributed by atoms with Crippen LogP contribution in [0, 0.1) is 0 Å². The van der Waals surface area contributed by atoms with Gasteiger partial charge in [-0.3, -0.25) is 9.59 Å². The first-order valence-electron chi connectivity index (χ1n) is 7.11. The van der Waals surface area contributed by atoms with Gasteiger partial charge in [0.2, 0.25) is 11.8 Å². The van der Waals surface area contributed by atoms with E-state index in [1.165, 1.54) is 0 Å². The fraction of sp³-hybridized carbons (Fsp3) is 0.467. The molecule has 0 unspecified atom stereocenters. The molecule has 0 fully saturated rings. The van der Waals surface area contributed by atoms with E-state index < -0.39 is 0 Å². The monoisotopic (exact) mass is 308 g/mol. The van der Waals surface area contributed by atoms with E-state index in [4.69, 9.17) is 10.5 Å². The number of benzene rings is 1. The second kappa shape index (κ2) is 9.75. The molecule has 7 heteroatoms. The Hall–Kier alpha value is -2.12. The highest BCUT2D eigenvalue weighted by Gasteiger charge is 2.04. The molecule has 0 radical (unpaired) electrons. The maximum absolute atomic E-state index is 11.6. The molecule has 0 bridgehead atoms. The van der Waals surface area contributed by atoms with Crippen LogP contribution in [0.5, 0.6) is 5.75 Å². The van der Waals surface area contributed by atoms with E-state index in [0.717, 1.165) is 17.9 Å². The summed E-state index contributed by atoms with van der Waals surface area (Å²) in [7, 11) is 3.97. The van der Waals surface area contributed by atoms with Gasteiger partial charge in [-0.1, -0.05) is 12.1 Å². The van der Waals surface area contributed by atoms with Gasteiger partial charge >= 0.3 is 0 Å². The van der Waals surface area contributed by atoms with E-state index in [-0.39, 0.29) is 24.9 Å². The average Bonchev–Trinajstić information content (AvgIpc) is 2.50. The van der Waals surface area contributed by atoms with Crippen molar-refractivity contribution in [3.8, 4) is 5.75 Å². The lowest BCUT2D eigenvalue weighted by Crippen LogP contribution is -2.39. The summed E-state index contributed by atoms with van der Waals surface area (Å²) in [4.78, 5) is 24.6.